The highest BCUT2D eigenvalue weighted by atomic mass is 32.2. The number of hydrogen-bond acceptors (Lipinski definition) is 9. The van der Waals surface area contributed by atoms with Gasteiger partial charge in [-0.25, -0.2) is 4.79 Å². The molecule has 1 fully saturated rings. The zero-order valence-corrected chi connectivity index (χ0v) is 18.2. The topological polar surface area (TPSA) is 114 Å². The predicted octanol–water partition coefficient (Wildman–Crippen LogP) is 3.33. The van der Waals surface area contributed by atoms with E-state index in [0.717, 1.165) is 17.0 Å². The van der Waals surface area contributed by atoms with Gasteiger partial charge in [-0.3, -0.25) is 9.69 Å². The number of aromatic nitrogens is 2. The van der Waals surface area contributed by atoms with Crippen molar-refractivity contribution < 1.29 is 24.2 Å². The lowest BCUT2D eigenvalue weighted by Gasteiger charge is -2.13. The smallest absolute Gasteiger partial charge is 0.341 e. The Kier molecular flexibility index (Phi) is 7.06. The Morgan fingerprint density at radius 3 is 2.77 bits per heavy atom. The number of carbonyl (C=O) groups is 2. The quantitative estimate of drug-likeness (QED) is 0.612. The minimum Gasteiger partial charge on any atom is -0.493 e. The standard InChI is InChI=1S/C19H20N4O5S2/c1-4-7-23-17(26)15(30-19(23)20-18-22-21-11(2)29-18)9-12-5-6-13(14(8-12)27-3)28-10-16(24)25/h5-6,8-9H,4,7,10H2,1-3H3,(H,24,25)/b15-9+,20-19+. The Bertz CT molecular complexity index is 1020. The second kappa shape index (κ2) is 9.72. The Morgan fingerprint density at radius 2 is 2.13 bits per heavy atom. The van der Waals surface area contributed by atoms with E-state index in [1.54, 1.807) is 29.2 Å². The first-order valence-corrected chi connectivity index (χ1v) is 10.7. The number of amidine groups is 1. The molecule has 0 saturated carbocycles. The van der Waals surface area contributed by atoms with Gasteiger partial charge in [0.1, 0.15) is 5.01 Å². The number of rotatable bonds is 8. The zero-order chi connectivity index (χ0) is 21.7. The number of ether oxygens (including phenoxy) is 2. The van der Waals surface area contributed by atoms with E-state index in [-0.39, 0.29) is 5.91 Å². The number of nitrogens with zero attached hydrogens (tertiary/aromatic N) is 4. The Labute approximate surface area is 181 Å². The predicted molar refractivity (Wildman–Crippen MR) is 115 cm³/mol. The Balaban J connectivity index is 1.88. The minimum absolute atomic E-state index is 0.132. The number of carbonyl (C=O) groups excluding carboxylic acids is 1. The molecule has 158 valence electrons. The van der Waals surface area contributed by atoms with Gasteiger partial charge in [-0.15, -0.1) is 10.2 Å². The first-order chi connectivity index (χ1) is 14.4. The molecular formula is C19H20N4O5S2. The molecule has 9 nitrogen and oxygen atoms in total. The van der Waals surface area contributed by atoms with Gasteiger partial charge in [0, 0.05) is 6.54 Å². The number of aliphatic imine (C=N–C) groups is 1. The minimum atomic E-state index is -1.08. The molecule has 1 aromatic carbocycles. The van der Waals surface area contributed by atoms with Crippen molar-refractivity contribution in [1.29, 1.82) is 0 Å². The molecule has 1 N–H and O–H groups in total. The van der Waals surface area contributed by atoms with Crippen molar-refractivity contribution in [1.82, 2.24) is 15.1 Å². The van der Waals surface area contributed by atoms with E-state index in [2.05, 4.69) is 15.2 Å². The lowest BCUT2D eigenvalue weighted by molar-refractivity contribution is -0.139. The molecule has 3 rings (SSSR count). The van der Waals surface area contributed by atoms with E-state index in [4.69, 9.17) is 14.6 Å². The number of amides is 1. The molecule has 1 aliphatic rings. The third-order valence-corrected chi connectivity index (χ3v) is 5.62. The number of aliphatic carboxylic acids is 1. The summed E-state index contributed by atoms with van der Waals surface area (Å²) in [5.74, 6) is -0.518. The first-order valence-electron chi connectivity index (χ1n) is 9.04. The molecule has 0 unspecified atom stereocenters. The molecule has 0 radical (unpaired) electrons. The summed E-state index contributed by atoms with van der Waals surface area (Å²) in [5.41, 5.74) is 0.717. The fraction of sp³-hybridized carbons (Fsp3) is 0.316. The summed E-state index contributed by atoms with van der Waals surface area (Å²) in [4.78, 5) is 30.3. The summed E-state index contributed by atoms with van der Waals surface area (Å²) in [7, 11) is 1.47. The van der Waals surface area contributed by atoms with Crippen LogP contribution in [0.25, 0.3) is 6.08 Å². The van der Waals surface area contributed by atoms with Crippen molar-refractivity contribution >= 4 is 51.4 Å². The highest BCUT2D eigenvalue weighted by Gasteiger charge is 2.33. The molecule has 11 heteroatoms. The molecule has 1 aliphatic heterocycles. The Hall–Kier alpha value is -2.92. The number of thioether (sulfide) groups is 1. The number of benzene rings is 1. The largest absolute Gasteiger partial charge is 0.493 e. The van der Waals surface area contributed by atoms with E-state index in [0.29, 0.717) is 33.2 Å². The van der Waals surface area contributed by atoms with Crippen LogP contribution in [-0.4, -0.2) is 57.5 Å². The van der Waals surface area contributed by atoms with Crippen LogP contribution in [0.4, 0.5) is 5.13 Å². The molecular weight excluding hydrogens is 428 g/mol. The number of carboxylic acid groups (broad SMARTS) is 1. The summed E-state index contributed by atoms with van der Waals surface area (Å²) in [6.07, 6.45) is 2.53. The SMILES string of the molecule is CCCN1C(=O)/C(=C\c2ccc(OCC(=O)O)c(OC)c2)S/C1=N/c1nnc(C)s1. The van der Waals surface area contributed by atoms with Gasteiger partial charge in [0.05, 0.1) is 12.0 Å². The van der Waals surface area contributed by atoms with Crippen LogP contribution in [0.3, 0.4) is 0 Å². The maximum absolute atomic E-state index is 12.9. The van der Waals surface area contributed by atoms with Crippen LogP contribution in [0.2, 0.25) is 0 Å². The normalized spacial score (nSPS) is 16.5. The monoisotopic (exact) mass is 448 g/mol. The van der Waals surface area contributed by atoms with Crippen LogP contribution in [0, 0.1) is 6.92 Å². The fourth-order valence-electron chi connectivity index (χ4n) is 2.61. The Morgan fingerprint density at radius 1 is 1.33 bits per heavy atom. The van der Waals surface area contributed by atoms with Crippen molar-refractivity contribution in [3.63, 3.8) is 0 Å². The van der Waals surface area contributed by atoms with Gasteiger partial charge in [-0.2, -0.15) is 4.99 Å². The van der Waals surface area contributed by atoms with Gasteiger partial charge in [-0.1, -0.05) is 24.3 Å². The van der Waals surface area contributed by atoms with E-state index < -0.39 is 12.6 Å². The van der Waals surface area contributed by atoms with E-state index in [1.807, 2.05) is 13.8 Å². The van der Waals surface area contributed by atoms with Gasteiger partial charge in [0.25, 0.3) is 5.91 Å². The van der Waals surface area contributed by atoms with Crippen LogP contribution in [0.15, 0.2) is 28.1 Å². The molecule has 2 aromatic rings. The highest BCUT2D eigenvalue weighted by molar-refractivity contribution is 8.18. The van der Waals surface area contributed by atoms with Gasteiger partial charge in [0.15, 0.2) is 23.3 Å². The van der Waals surface area contributed by atoms with Crippen molar-refractivity contribution in [3.8, 4) is 11.5 Å². The third-order valence-electron chi connectivity index (χ3n) is 3.88. The molecule has 2 heterocycles. The second-order valence-electron chi connectivity index (χ2n) is 6.16. The lowest BCUT2D eigenvalue weighted by Crippen LogP contribution is -2.29. The maximum atomic E-state index is 12.9. The average Bonchev–Trinajstić information content (AvgIpc) is 3.25. The van der Waals surface area contributed by atoms with Crippen molar-refractivity contribution in [2.24, 2.45) is 4.99 Å². The van der Waals surface area contributed by atoms with Gasteiger partial charge in [-0.05, 0) is 48.9 Å². The molecule has 0 spiro atoms. The van der Waals surface area contributed by atoms with Crippen molar-refractivity contribution in [3.05, 3.63) is 33.7 Å². The summed E-state index contributed by atoms with van der Waals surface area (Å²) >= 11 is 2.64. The van der Waals surface area contributed by atoms with Crippen molar-refractivity contribution in [2.75, 3.05) is 20.3 Å². The first kappa shape index (κ1) is 21.8. The lowest BCUT2D eigenvalue weighted by atomic mass is 10.2. The second-order valence-corrected chi connectivity index (χ2v) is 8.33. The zero-order valence-electron chi connectivity index (χ0n) is 16.6. The average molecular weight is 449 g/mol. The van der Waals surface area contributed by atoms with Crippen LogP contribution in [-0.2, 0) is 9.59 Å². The van der Waals surface area contributed by atoms with Crippen LogP contribution in [0.5, 0.6) is 11.5 Å². The molecule has 1 saturated heterocycles. The summed E-state index contributed by atoms with van der Waals surface area (Å²) in [6, 6.07) is 5.03. The summed E-state index contributed by atoms with van der Waals surface area (Å²) < 4.78 is 10.5. The van der Waals surface area contributed by atoms with E-state index >= 15 is 0 Å². The number of methoxy groups -OCH3 is 1. The molecule has 0 atom stereocenters. The van der Waals surface area contributed by atoms with Gasteiger partial charge < -0.3 is 14.6 Å². The fourth-order valence-corrected chi connectivity index (χ4v) is 4.23. The number of carboxylic acids is 1. The van der Waals surface area contributed by atoms with Crippen LogP contribution in [0.1, 0.15) is 23.9 Å². The number of hydrogen-bond donors (Lipinski definition) is 1. The number of aryl methyl sites for hydroxylation is 1. The third kappa shape index (κ3) is 5.16. The summed E-state index contributed by atoms with van der Waals surface area (Å²) in [5, 5.41) is 18.6. The van der Waals surface area contributed by atoms with E-state index in [9.17, 15) is 9.59 Å². The summed E-state index contributed by atoms with van der Waals surface area (Å²) in [6.45, 7) is 3.92. The molecule has 1 amide bonds. The van der Waals surface area contributed by atoms with Crippen LogP contribution >= 0.6 is 23.1 Å². The maximum Gasteiger partial charge on any atom is 0.341 e. The highest BCUT2D eigenvalue weighted by Crippen LogP contribution is 2.36. The van der Waals surface area contributed by atoms with Gasteiger partial charge in [0.2, 0.25) is 5.13 Å². The van der Waals surface area contributed by atoms with Gasteiger partial charge >= 0.3 is 5.97 Å². The molecule has 0 aliphatic carbocycles. The molecule has 1 aromatic heterocycles. The molecule has 30 heavy (non-hydrogen) atoms. The van der Waals surface area contributed by atoms with Crippen molar-refractivity contribution in [2.45, 2.75) is 20.3 Å². The molecule has 0 bridgehead atoms. The van der Waals surface area contributed by atoms with E-state index in [1.165, 1.54) is 30.2 Å². The van der Waals surface area contributed by atoms with Crippen LogP contribution < -0.4 is 9.47 Å².